The molecule has 0 unspecified atom stereocenters. The van der Waals surface area contributed by atoms with Gasteiger partial charge in [-0.05, 0) is 327 Å². The number of nitrogens with zero attached hydrogens (tertiary/aromatic N) is 6. The summed E-state index contributed by atoms with van der Waals surface area (Å²) >= 11 is 9.79. The van der Waals surface area contributed by atoms with E-state index in [9.17, 15) is 50.7 Å². The summed E-state index contributed by atoms with van der Waals surface area (Å²) in [4.78, 5) is 132. The summed E-state index contributed by atoms with van der Waals surface area (Å²) in [5, 5.41) is 4.57. The number of nitrogens with one attached hydrogen (secondary N) is 6. The van der Waals surface area contributed by atoms with Gasteiger partial charge in [0.25, 0.3) is 33.4 Å². The normalized spacial score (nSPS) is 14.3. The summed E-state index contributed by atoms with van der Waals surface area (Å²) in [6, 6.07) is 36.8. The summed E-state index contributed by atoms with van der Waals surface area (Å²) in [7, 11) is 1.62. The van der Waals surface area contributed by atoms with Crippen LogP contribution in [0.1, 0.15) is 221 Å². The second-order valence-corrected chi connectivity index (χ2v) is 42.1. The molecule has 12 heterocycles. The van der Waals surface area contributed by atoms with Gasteiger partial charge in [0, 0.05) is 46.5 Å². The number of aromatic nitrogens is 12. The van der Waals surface area contributed by atoms with Crippen LogP contribution in [0.5, 0.6) is 11.5 Å². The average Bonchev–Trinajstić information content (AvgIpc) is 1.65. The molecule has 0 saturated carbocycles. The minimum absolute atomic E-state index is 0.00158. The van der Waals surface area contributed by atoms with Crippen LogP contribution in [-0.4, -0.2) is 73.5 Å². The lowest BCUT2D eigenvalue weighted by Gasteiger charge is -2.09. The molecule has 0 aliphatic heterocycles. The Morgan fingerprint density at radius 1 is 0.287 bits per heavy atom. The first-order valence-corrected chi connectivity index (χ1v) is 53.0. The second-order valence-electron chi connectivity index (χ2n) is 35.6. The fourth-order valence-corrected chi connectivity index (χ4v) is 26.5. The first kappa shape index (κ1) is 97.9. The summed E-state index contributed by atoms with van der Waals surface area (Å²) in [5.41, 5.74) is 12.3. The fraction of sp³-hybridized carbons (Fsp3) is 0.250. The molecule has 12 aromatic heterocycles. The van der Waals surface area contributed by atoms with E-state index >= 15 is 0 Å². The highest BCUT2D eigenvalue weighted by Gasteiger charge is 2.27. The smallest absolute Gasteiger partial charge is 0.260 e. The molecule has 18 aromatic rings. The highest BCUT2D eigenvalue weighted by atomic mass is 32.1. The van der Waals surface area contributed by atoms with Gasteiger partial charge in [0.1, 0.15) is 93.0 Å². The van der Waals surface area contributed by atoms with E-state index in [1.165, 1.54) is 144 Å². The second kappa shape index (κ2) is 44.7. The van der Waals surface area contributed by atoms with E-state index in [1.54, 1.807) is 93.3 Å². The number of methoxy groups -OCH3 is 1. The molecular formula is C112H99F5N12O8S6. The molecule has 0 fully saturated rings. The molecule has 0 saturated heterocycles. The van der Waals surface area contributed by atoms with Crippen molar-refractivity contribution in [3.05, 3.63) is 361 Å². The maximum absolute atomic E-state index is 13.7. The van der Waals surface area contributed by atoms with Gasteiger partial charge in [-0.1, -0.05) is 103 Å². The number of benzene rings is 6. The first-order valence-electron chi connectivity index (χ1n) is 48.1. The Hall–Kier alpha value is -14.0. The lowest BCUT2D eigenvalue weighted by atomic mass is 9.97. The number of H-pyrrole nitrogens is 6. The topological polar surface area (TPSA) is 293 Å². The van der Waals surface area contributed by atoms with Crippen LogP contribution in [0.2, 0.25) is 0 Å². The molecule has 0 bridgehead atoms. The van der Waals surface area contributed by atoms with Gasteiger partial charge in [-0.2, -0.15) is 0 Å². The van der Waals surface area contributed by atoms with Gasteiger partial charge in [-0.25, -0.2) is 51.9 Å². The van der Waals surface area contributed by atoms with Crippen LogP contribution in [0.15, 0.2) is 162 Å². The largest absolute Gasteiger partial charge is 0.493 e. The van der Waals surface area contributed by atoms with Crippen molar-refractivity contribution in [3.63, 3.8) is 0 Å². The van der Waals surface area contributed by atoms with E-state index in [4.69, 9.17) is 9.47 Å². The maximum Gasteiger partial charge on any atom is 0.260 e. The van der Waals surface area contributed by atoms with Crippen LogP contribution in [0.4, 0.5) is 22.0 Å². The highest BCUT2D eigenvalue weighted by molar-refractivity contribution is 7.20. The average molecular weight is 2030 g/mol. The molecular weight excluding hydrogens is 1930 g/mol. The molecule has 0 spiro atoms. The zero-order valence-electron chi connectivity index (χ0n) is 78.6. The molecule has 0 radical (unpaired) electrons. The van der Waals surface area contributed by atoms with Gasteiger partial charge in [0.05, 0.1) is 46.0 Å². The Morgan fingerprint density at radius 3 is 0.937 bits per heavy atom. The Labute approximate surface area is 841 Å². The lowest BCUT2D eigenvalue weighted by molar-refractivity contribution is 0.311. The van der Waals surface area contributed by atoms with E-state index in [2.05, 4.69) is 78.9 Å². The monoisotopic (exact) mass is 2030 g/mol. The first-order chi connectivity index (χ1) is 69.6. The van der Waals surface area contributed by atoms with Gasteiger partial charge in [-0.3, -0.25) is 28.8 Å². The van der Waals surface area contributed by atoms with Crippen molar-refractivity contribution < 1.29 is 31.4 Å². The minimum atomic E-state index is -0.652. The molecule has 31 heteroatoms. The summed E-state index contributed by atoms with van der Waals surface area (Å²) in [6.45, 7) is 4.59. The van der Waals surface area contributed by atoms with Crippen LogP contribution >= 0.6 is 68.0 Å². The Morgan fingerprint density at radius 2 is 0.587 bits per heavy atom. The van der Waals surface area contributed by atoms with E-state index in [1.807, 2.05) is 110 Å². The van der Waals surface area contributed by atoms with Crippen LogP contribution in [0.25, 0.3) is 134 Å². The molecule has 6 aliphatic rings. The molecule has 24 rings (SSSR count). The Kier molecular flexibility index (Phi) is 30.6. The van der Waals surface area contributed by atoms with Crippen molar-refractivity contribution in [1.29, 1.82) is 0 Å². The minimum Gasteiger partial charge on any atom is -0.493 e. The van der Waals surface area contributed by atoms with Crippen molar-refractivity contribution in [2.24, 2.45) is 0 Å². The van der Waals surface area contributed by atoms with Crippen molar-refractivity contribution in [2.75, 3.05) is 13.7 Å². The van der Waals surface area contributed by atoms with Gasteiger partial charge in [0.2, 0.25) is 0 Å². The van der Waals surface area contributed by atoms with Gasteiger partial charge in [-0.15, -0.1) is 68.0 Å². The third-order valence-corrected chi connectivity index (χ3v) is 32.9. The molecule has 20 nitrogen and oxygen atoms in total. The van der Waals surface area contributed by atoms with Gasteiger partial charge >= 0.3 is 0 Å². The van der Waals surface area contributed by atoms with E-state index in [0.29, 0.717) is 68.7 Å². The molecule has 726 valence electrons. The number of aryl methyl sites for hydroxylation is 13. The number of fused-ring (bicyclic) bond motifs is 18. The lowest BCUT2D eigenvalue weighted by Crippen LogP contribution is -2.11. The number of hydrogen-bond acceptors (Lipinski definition) is 20. The molecule has 0 amide bonds. The predicted molar refractivity (Wildman–Crippen MR) is 576 cm³/mol. The highest BCUT2D eigenvalue weighted by Crippen LogP contribution is 2.41. The maximum atomic E-state index is 13.7. The molecule has 6 aromatic carbocycles. The molecule has 0 atom stereocenters. The zero-order valence-corrected chi connectivity index (χ0v) is 83.5. The summed E-state index contributed by atoms with van der Waals surface area (Å²) < 4.78 is 77.3. The van der Waals surface area contributed by atoms with E-state index < -0.39 is 23.3 Å². The third-order valence-electron chi connectivity index (χ3n) is 25.8. The zero-order chi connectivity index (χ0) is 98.7. The standard InChI is InChI=1S/C21H22N2O3S.C19H18N2OS.2C18H14F2N2OS.C18H15FN2OS.C18H16N2OS/c1-3-26-15-10-8-13(12-16(15)25-2)9-11-18-22-20(24)19-14-6-4-5-7-17(14)27-21(19)23-18;1-12-5-4-6-13(11-12)9-10-16-20-18(22)17-14-7-2-3-8-15(14)23-19(17)21-16;19-11-6-7-13(20)10(9-11)5-8-15-21-17(23)16-12-3-1-2-4-14(12)24-18(16)22-15;19-11-7-5-10(13(20)9-11)6-8-15-21-17(23)16-12-3-1-2-4-14(12)24-18(16)22-15;19-12-8-5-11(6-9-12)7-10-15-20-17(22)16-13-3-1-2-4-14(13)23-18(16)21-15;21-17-16-13-8-4-5-9-14(13)22-18(16)20-15(19-17)11-10-12-6-2-1-3-7-12/h8-12H,3-7H2,1-2H3,(H,22,23,24);4-6,9-11H,2-3,7-8H2,1H3,(H,20,21,22);2*5-9H,1-4H2,(H,21,22,23);5-10H,1-4H2,(H,20,21,22);1-3,6-7,10-11H,4-5,8-9H2,(H,19,20,21)/b11-9+;10-9+;8-5+;8-6+;10-7+;11-10+. The number of hydrogen-bond donors (Lipinski definition) is 6. The van der Waals surface area contributed by atoms with E-state index in [0.717, 1.165) is 219 Å². The van der Waals surface area contributed by atoms with Crippen LogP contribution in [0, 0.1) is 36.0 Å². The Bertz CT molecular complexity index is 8460. The van der Waals surface area contributed by atoms with Crippen LogP contribution in [0.3, 0.4) is 0 Å². The predicted octanol–water partition coefficient (Wildman–Crippen LogP) is 25.6. The number of aromatic amines is 6. The SMILES string of the molecule is CCOc1ccc(/C=C/c2nc3sc4c(c3c(=O)[nH]2)CCCC4)cc1OC.Cc1cccc(/C=C/c2nc3sc4c(c3c(=O)[nH]2)CCCC4)c1.O=c1[nH]c(/C=C/c2cc(F)ccc2F)nc2sc3c(c12)CCCC3.O=c1[nH]c(/C=C/c2ccc(F)cc2)nc2sc3c(c12)CCCC3.O=c1[nH]c(/C=C/c2ccc(F)cc2F)nc2sc3c(c12)CCCC3.O=c1[nH]c(/C=C/c2ccccc2)nc2sc3c(c12)CCCC3. The number of rotatable bonds is 15. The van der Waals surface area contributed by atoms with E-state index in [-0.39, 0.29) is 50.3 Å². The number of thiophene rings is 6. The van der Waals surface area contributed by atoms with Gasteiger partial charge in [0.15, 0.2) is 11.5 Å². The van der Waals surface area contributed by atoms with Crippen molar-refractivity contribution >= 4 is 202 Å². The van der Waals surface area contributed by atoms with Crippen molar-refractivity contribution in [2.45, 2.75) is 168 Å². The quantitative estimate of drug-likeness (QED) is 0.0521. The number of halogens is 5. The van der Waals surface area contributed by atoms with Crippen molar-refractivity contribution in [3.8, 4) is 11.5 Å². The van der Waals surface area contributed by atoms with Crippen LogP contribution < -0.4 is 42.8 Å². The Balaban J connectivity index is 0.000000109. The molecule has 143 heavy (non-hydrogen) atoms. The molecule has 6 N–H and O–H groups in total. The summed E-state index contributed by atoms with van der Waals surface area (Å²) in [5.74, 6) is 1.89. The third kappa shape index (κ3) is 22.9. The fourth-order valence-electron chi connectivity index (χ4n) is 18.8. The molecule has 6 aliphatic carbocycles. The summed E-state index contributed by atoms with van der Waals surface area (Å²) in [6.07, 6.45) is 47.0. The van der Waals surface area contributed by atoms with Crippen molar-refractivity contribution in [1.82, 2.24) is 59.8 Å². The number of ether oxygens (including phenoxy) is 2. The van der Waals surface area contributed by atoms with Gasteiger partial charge < -0.3 is 39.4 Å². The van der Waals surface area contributed by atoms with Crippen LogP contribution in [-0.2, 0) is 77.0 Å².